The van der Waals surface area contributed by atoms with Gasteiger partial charge in [0.25, 0.3) is 0 Å². The molecular formula is C20H40N4OS. The van der Waals surface area contributed by atoms with Gasteiger partial charge in [-0.05, 0) is 68.5 Å². The molecule has 1 unspecified atom stereocenters. The largest absolute Gasteiger partial charge is 0.377 e. The van der Waals surface area contributed by atoms with E-state index in [1.165, 1.54) is 56.7 Å². The lowest BCUT2D eigenvalue weighted by atomic mass is 9.90. The first-order chi connectivity index (χ1) is 12.8. The van der Waals surface area contributed by atoms with Gasteiger partial charge in [0.05, 0.1) is 12.7 Å². The third-order valence-corrected chi connectivity index (χ3v) is 7.72. The molecule has 6 heteroatoms. The van der Waals surface area contributed by atoms with Gasteiger partial charge in [-0.2, -0.15) is 11.8 Å². The second-order valence-electron chi connectivity index (χ2n) is 8.17. The van der Waals surface area contributed by atoms with E-state index in [4.69, 9.17) is 4.74 Å². The molecular weight excluding hydrogens is 344 g/mol. The molecule has 2 saturated heterocycles. The quantitative estimate of drug-likeness (QED) is 0.566. The summed E-state index contributed by atoms with van der Waals surface area (Å²) in [6.07, 6.45) is 7.05. The predicted molar refractivity (Wildman–Crippen MR) is 112 cm³/mol. The van der Waals surface area contributed by atoms with Crippen LogP contribution in [0, 0.1) is 11.8 Å². The SMILES string of the molecule is CCN(CC)CCOC1CCC(NC2NCC(C3CCSC3)CN2)CC1. The van der Waals surface area contributed by atoms with E-state index in [9.17, 15) is 0 Å². The monoisotopic (exact) mass is 384 g/mol. The maximum Gasteiger partial charge on any atom is 0.112 e. The van der Waals surface area contributed by atoms with E-state index in [2.05, 4.69) is 46.5 Å². The Labute approximate surface area is 164 Å². The number of thioether (sulfide) groups is 1. The molecule has 0 aromatic carbocycles. The van der Waals surface area contributed by atoms with E-state index in [-0.39, 0.29) is 0 Å². The Bertz CT molecular complexity index is 374. The third kappa shape index (κ3) is 6.35. The molecule has 2 aliphatic heterocycles. The maximum absolute atomic E-state index is 6.12. The molecule has 3 fully saturated rings. The molecule has 1 atom stereocenters. The Hall–Kier alpha value is 0.150. The summed E-state index contributed by atoms with van der Waals surface area (Å²) >= 11 is 2.13. The lowest BCUT2D eigenvalue weighted by molar-refractivity contribution is 0.0102. The summed E-state index contributed by atoms with van der Waals surface area (Å²) in [4.78, 5) is 2.44. The molecule has 3 N–H and O–H groups in total. The first-order valence-corrected chi connectivity index (χ1v) is 12.1. The van der Waals surface area contributed by atoms with Crippen molar-refractivity contribution in [2.24, 2.45) is 11.8 Å². The second-order valence-corrected chi connectivity index (χ2v) is 9.32. The van der Waals surface area contributed by atoms with Crippen LogP contribution in [0.2, 0.25) is 0 Å². The van der Waals surface area contributed by atoms with Gasteiger partial charge in [0, 0.05) is 25.7 Å². The van der Waals surface area contributed by atoms with E-state index < -0.39 is 0 Å². The standard InChI is InChI=1S/C20H40N4OS/c1-3-24(4-2)10-11-25-19-7-5-18(6-8-19)23-20-21-13-17(14-22-20)16-9-12-26-15-16/h16-23H,3-15H2,1-2H3. The fourth-order valence-corrected chi connectivity index (χ4v) is 5.96. The van der Waals surface area contributed by atoms with E-state index in [1.807, 2.05) is 0 Å². The molecule has 26 heavy (non-hydrogen) atoms. The van der Waals surface area contributed by atoms with Crippen molar-refractivity contribution in [3.05, 3.63) is 0 Å². The molecule has 0 radical (unpaired) electrons. The van der Waals surface area contributed by atoms with Crippen molar-refractivity contribution >= 4 is 11.8 Å². The molecule has 152 valence electrons. The Morgan fingerprint density at radius 1 is 1.00 bits per heavy atom. The van der Waals surface area contributed by atoms with Gasteiger partial charge in [-0.3, -0.25) is 16.0 Å². The van der Waals surface area contributed by atoms with Gasteiger partial charge >= 0.3 is 0 Å². The normalized spacial score (nSPS) is 35.9. The van der Waals surface area contributed by atoms with Gasteiger partial charge in [0.1, 0.15) is 6.29 Å². The third-order valence-electron chi connectivity index (χ3n) is 6.53. The van der Waals surface area contributed by atoms with Crippen LogP contribution < -0.4 is 16.0 Å². The number of likely N-dealkylation sites (N-methyl/N-ethyl adjacent to an activating group) is 1. The van der Waals surface area contributed by atoms with Crippen molar-refractivity contribution in [2.75, 3.05) is 50.8 Å². The Morgan fingerprint density at radius 3 is 2.35 bits per heavy atom. The second kappa shape index (κ2) is 11.2. The highest BCUT2D eigenvalue weighted by Gasteiger charge is 2.30. The van der Waals surface area contributed by atoms with Crippen molar-refractivity contribution in [1.82, 2.24) is 20.9 Å². The minimum atomic E-state index is 0.297. The lowest BCUT2D eigenvalue weighted by Gasteiger charge is -2.38. The number of nitrogens with zero attached hydrogens (tertiary/aromatic N) is 1. The molecule has 1 saturated carbocycles. The van der Waals surface area contributed by atoms with Gasteiger partial charge in [0.15, 0.2) is 0 Å². The molecule has 3 rings (SSSR count). The van der Waals surface area contributed by atoms with Crippen molar-refractivity contribution in [3.63, 3.8) is 0 Å². The van der Waals surface area contributed by atoms with E-state index in [0.29, 0.717) is 18.4 Å². The van der Waals surface area contributed by atoms with E-state index in [1.54, 1.807) is 0 Å². The smallest absolute Gasteiger partial charge is 0.112 e. The van der Waals surface area contributed by atoms with Crippen molar-refractivity contribution in [2.45, 2.75) is 64.4 Å². The number of ether oxygens (including phenoxy) is 1. The van der Waals surface area contributed by atoms with Crippen LogP contribution in [0.25, 0.3) is 0 Å². The molecule has 0 aromatic heterocycles. The lowest BCUT2D eigenvalue weighted by Crippen LogP contribution is -2.63. The zero-order valence-corrected chi connectivity index (χ0v) is 17.7. The highest BCUT2D eigenvalue weighted by atomic mass is 32.2. The zero-order valence-electron chi connectivity index (χ0n) is 16.8. The molecule has 1 aliphatic carbocycles. The molecule has 0 amide bonds. The summed E-state index contributed by atoms with van der Waals surface area (Å²) in [7, 11) is 0. The van der Waals surface area contributed by atoms with Crippen molar-refractivity contribution in [3.8, 4) is 0 Å². The minimum Gasteiger partial charge on any atom is -0.377 e. The molecule has 0 bridgehead atoms. The van der Waals surface area contributed by atoms with Crippen LogP contribution in [0.1, 0.15) is 46.0 Å². The fraction of sp³-hybridized carbons (Fsp3) is 1.00. The summed E-state index contributed by atoms with van der Waals surface area (Å²) in [6.45, 7) is 11.0. The highest BCUT2D eigenvalue weighted by Crippen LogP contribution is 2.30. The van der Waals surface area contributed by atoms with Crippen LogP contribution in [0.3, 0.4) is 0 Å². The zero-order chi connectivity index (χ0) is 18.2. The van der Waals surface area contributed by atoms with Gasteiger partial charge in [-0.25, -0.2) is 0 Å². The molecule has 0 spiro atoms. The average Bonchev–Trinajstić information content (AvgIpc) is 3.22. The van der Waals surface area contributed by atoms with Crippen molar-refractivity contribution in [1.29, 1.82) is 0 Å². The Balaban J connectivity index is 1.26. The number of hydrogen-bond donors (Lipinski definition) is 3. The van der Waals surface area contributed by atoms with Gasteiger partial charge in [-0.1, -0.05) is 13.8 Å². The molecule has 3 aliphatic rings. The van der Waals surface area contributed by atoms with Gasteiger partial charge in [-0.15, -0.1) is 0 Å². The summed E-state index contributed by atoms with van der Waals surface area (Å²) < 4.78 is 6.12. The summed E-state index contributed by atoms with van der Waals surface area (Å²) in [5, 5.41) is 11.2. The van der Waals surface area contributed by atoms with Gasteiger partial charge < -0.3 is 9.64 Å². The summed E-state index contributed by atoms with van der Waals surface area (Å²) in [6, 6.07) is 0.626. The molecule has 2 heterocycles. The first kappa shape index (κ1) is 20.9. The fourth-order valence-electron chi connectivity index (χ4n) is 4.58. The van der Waals surface area contributed by atoms with Crippen LogP contribution >= 0.6 is 11.8 Å². The predicted octanol–water partition coefficient (Wildman–Crippen LogP) is 2.09. The number of nitrogens with one attached hydrogen (secondary N) is 3. The van der Waals surface area contributed by atoms with Crippen LogP contribution in [0.4, 0.5) is 0 Å². The topological polar surface area (TPSA) is 48.6 Å². The molecule has 5 nitrogen and oxygen atoms in total. The van der Waals surface area contributed by atoms with Crippen LogP contribution in [0.5, 0.6) is 0 Å². The highest BCUT2D eigenvalue weighted by molar-refractivity contribution is 7.99. The Morgan fingerprint density at radius 2 is 1.73 bits per heavy atom. The maximum atomic E-state index is 6.12. The average molecular weight is 385 g/mol. The number of rotatable bonds is 9. The first-order valence-electron chi connectivity index (χ1n) is 10.9. The van der Waals surface area contributed by atoms with Crippen LogP contribution in [-0.2, 0) is 4.74 Å². The summed E-state index contributed by atoms with van der Waals surface area (Å²) in [5.74, 6) is 4.47. The molecule has 0 aromatic rings. The van der Waals surface area contributed by atoms with E-state index >= 15 is 0 Å². The minimum absolute atomic E-state index is 0.297. The van der Waals surface area contributed by atoms with Crippen LogP contribution in [-0.4, -0.2) is 74.2 Å². The Kier molecular flexibility index (Phi) is 9.01. The van der Waals surface area contributed by atoms with Gasteiger partial charge in [0.2, 0.25) is 0 Å². The van der Waals surface area contributed by atoms with Crippen LogP contribution in [0.15, 0.2) is 0 Å². The number of hydrogen-bond acceptors (Lipinski definition) is 6. The summed E-state index contributed by atoms with van der Waals surface area (Å²) in [5.41, 5.74) is 0. The van der Waals surface area contributed by atoms with Crippen molar-refractivity contribution < 1.29 is 4.74 Å². The van der Waals surface area contributed by atoms with E-state index in [0.717, 1.165) is 38.1 Å².